The Bertz CT molecular complexity index is 975. The van der Waals surface area contributed by atoms with Gasteiger partial charge in [-0.25, -0.2) is 4.98 Å². The van der Waals surface area contributed by atoms with Crippen LogP contribution in [0.2, 0.25) is 0 Å². The van der Waals surface area contributed by atoms with Crippen molar-refractivity contribution in [3.8, 4) is 11.3 Å². The number of amides is 1. The predicted octanol–water partition coefficient (Wildman–Crippen LogP) is 3.42. The second-order valence-corrected chi connectivity index (χ2v) is 6.17. The van der Waals surface area contributed by atoms with Gasteiger partial charge in [0.2, 0.25) is 5.91 Å². The molecule has 0 bridgehead atoms. The van der Waals surface area contributed by atoms with Gasteiger partial charge in [0.05, 0.1) is 12.0 Å². The number of para-hydroxylation sites is 1. The molecular formula is C21H21N3O2. The molecule has 2 aromatic carbocycles. The number of anilines is 1. The van der Waals surface area contributed by atoms with Crippen molar-refractivity contribution in [3.05, 3.63) is 82.4 Å². The highest BCUT2D eigenvalue weighted by Crippen LogP contribution is 2.16. The molecule has 0 saturated heterocycles. The first-order valence-electron chi connectivity index (χ1n) is 8.58. The topological polar surface area (TPSA) is 64.0 Å². The van der Waals surface area contributed by atoms with Crippen molar-refractivity contribution >= 4 is 11.6 Å². The lowest BCUT2D eigenvalue weighted by Gasteiger charge is -2.11. The molecule has 5 nitrogen and oxygen atoms in total. The maximum atomic E-state index is 12.3. The Morgan fingerprint density at radius 1 is 1.12 bits per heavy atom. The molecule has 3 rings (SSSR count). The van der Waals surface area contributed by atoms with E-state index >= 15 is 0 Å². The van der Waals surface area contributed by atoms with E-state index in [0.717, 1.165) is 28.8 Å². The van der Waals surface area contributed by atoms with Crippen molar-refractivity contribution < 1.29 is 4.79 Å². The maximum Gasteiger partial charge on any atom is 0.254 e. The van der Waals surface area contributed by atoms with Gasteiger partial charge < -0.3 is 5.32 Å². The van der Waals surface area contributed by atoms with Crippen LogP contribution >= 0.6 is 0 Å². The molecule has 1 aromatic heterocycles. The quantitative estimate of drug-likeness (QED) is 0.769. The van der Waals surface area contributed by atoms with Crippen LogP contribution in [0.25, 0.3) is 11.3 Å². The predicted molar refractivity (Wildman–Crippen MR) is 103 cm³/mol. The number of nitrogens with zero attached hydrogens (tertiary/aromatic N) is 2. The summed E-state index contributed by atoms with van der Waals surface area (Å²) in [6.45, 7) is 3.96. The first-order chi connectivity index (χ1) is 12.6. The van der Waals surface area contributed by atoms with Crippen molar-refractivity contribution in [1.29, 1.82) is 0 Å². The van der Waals surface area contributed by atoms with E-state index in [9.17, 15) is 9.59 Å². The van der Waals surface area contributed by atoms with Crippen LogP contribution in [-0.2, 0) is 17.8 Å². The summed E-state index contributed by atoms with van der Waals surface area (Å²) in [6.07, 6.45) is 2.24. The zero-order valence-electron chi connectivity index (χ0n) is 14.9. The van der Waals surface area contributed by atoms with Gasteiger partial charge in [0.1, 0.15) is 6.54 Å². The minimum absolute atomic E-state index is 0.0714. The summed E-state index contributed by atoms with van der Waals surface area (Å²) in [7, 11) is 0. The van der Waals surface area contributed by atoms with Crippen molar-refractivity contribution in [2.24, 2.45) is 0 Å². The number of hydrogen-bond acceptors (Lipinski definition) is 3. The monoisotopic (exact) mass is 347 g/mol. The fourth-order valence-electron chi connectivity index (χ4n) is 2.72. The molecule has 1 N–H and O–H groups in total. The highest BCUT2D eigenvalue weighted by Gasteiger charge is 2.09. The Hall–Kier alpha value is -3.21. The summed E-state index contributed by atoms with van der Waals surface area (Å²) in [6, 6.07) is 16.9. The molecule has 0 atom stereocenters. The Labute approximate surface area is 152 Å². The van der Waals surface area contributed by atoms with Gasteiger partial charge in [-0.2, -0.15) is 0 Å². The molecule has 1 heterocycles. The smallest absolute Gasteiger partial charge is 0.254 e. The minimum Gasteiger partial charge on any atom is -0.324 e. The Balaban J connectivity index is 1.75. The summed E-state index contributed by atoms with van der Waals surface area (Å²) >= 11 is 0. The van der Waals surface area contributed by atoms with Crippen molar-refractivity contribution in [3.63, 3.8) is 0 Å². The Kier molecular flexibility index (Phi) is 5.27. The lowest BCUT2D eigenvalue weighted by atomic mass is 10.1. The molecule has 0 unspecified atom stereocenters. The molecule has 0 aliphatic rings. The van der Waals surface area contributed by atoms with Crippen LogP contribution < -0.4 is 10.9 Å². The number of hydrogen-bond donors (Lipinski definition) is 1. The van der Waals surface area contributed by atoms with Crippen LogP contribution in [0.3, 0.4) is 0 Å². The summed E-state index contributed by atoms with van der Waals surface area (Å²) in [5.74, 6) is -0.252. The van der Waals surface area contributed by atoms with Crippen LogP contribution in [-0.4, -0.2) is 15.5 Å². The highest BCUT2D eigenvalue weighted by molar-refractivity contribution is 5.91. The SMILES string of the molecule is CCc1ccccc1NC(=O)Cn1cnc(-c2ccc(C)cc2)cc1=O. The molecular weight excluding hydrogens is 326 g/mol. The zero-order chi connectivity index (χ0) is 18.5. The van der Waals surface area contributed by atoms with E-state index in [1.54, 1.807) is 0 Å². The van der Waals surface area contributed by atoms with Crippen LogP contribution in [0.15, 0.2) is 65.7 Å². The number of aromatic nitrogens is 2. The molecule has 0 aliphatic heterocycles. The van der Waals surface area contributed by atoms with E-state index in [2.05, 4.69) is 10.3 Å². The fraction of sp³-hybridized carbons (Fsp3) is 0.190. The van der Waals surface area contributed by atoms with Gasteiger partial charge in [-0.05, 0) is 25.0 Å². The van der Waals surface area contributed by atoms with E-state index in [1.807, 2.05) is 62.4 Å². The molecule has 0 radical (unpaired) electrons. The lowest BCUT2D eigenvalue weighted by Crippen LogP contribution is -2.27. The average molecular weight is 347 g/mol. The number of carbonyl (C=O) groups is 1. The summed E-state index contributed by atoms with van der Waals surface area (Å²) in [5.41, 5.74) is 4.20. The Morgan fingerprint density at radius 3 is 2.54 bits per heavy atom. The number of benzene rings is 2. The number of carbonyl (C=O) groups excluding carboxylic acids is 1. The number of aryl methyl sites for hydroxylation is 2. The zero-order valence-corrected chi connectivity index (χ0v) is 14.9. The molecule has 5 heteroatoms. The molecule has 3 aromatic rings. The van der Waals surface area contributed by atoms with E-state index < -0.39 is 0 Å². The van der Waals surface area contributed by atoms with Crippen molar-refractivity contribution in [2.45, 2.75) is 26.8 Å². The summed E-state index contributed by atoms with van der Waals surface area (Å²) in [4.78, 5) is 28.9. The fourth-order valence-corrected chi connectivity index (χ4v) is 2.72. The molecule has 26 heavy (non-hydrogen) atoms. The molecule has 0 saturated carbocycles. The van der Waals surface area contributed by atoms with Crippen LogP contribution in [0, 0.1) is 6.92 Å². The van der Waals surface area contributed by atoms with E-state index in [-0.39, 0.29) is 18.0 Å². The van der Waals surface area contributed by atoms with Crippen molar-refractivity contribution in [1.82, 2.24) is 9.55 Å². The minimum atomic E-state index is -0.255. The van der Waals surface area contributed by atoms with Gasteiger partial charge in [0, 0.05) is 17.3 Å². The Morgan fingerprint density at radius 2 is 1.85 bits per heavy atom. The standard InChI is InChI=1S/C21H21N3O2/c1-3-16-6-4-5-7-18(16)23-20(25)13-24-14-22-19(12-21(24)26)17-10-8-15(2)9-11-17/h4-12,14H,3,13H2,1-2H3,(H,23,25). The average Bonchev–Trinajstić information content (AvgIpc) is 2.64. The molecule has 1 amide bonds. The van der Waals surface area contributed by atoms with Gasteiger partial charge in [0.25, 0.3) is 5.56 Å². The summed E-state index contributed by atoms with van der Waals surface area (Å²) < 4.78 is 1.31. The molecule has 0 aliphatic carbocycles. The normalized spacial score (nSPS) is 10.5. The molecule has 132 valence electrons. The second kappa shape index (κ2) is 7.78. The third-order valence-corrected chi connectivity index (χ3v) is 4.21. The third-order valence-electron chi connectivity index (χ3n) is 4.21. The molecule has 0 spiro atoms. The van der Waals surface area contributed by atoms with Gasteiger partial charge in [0.15, 0.2) is 0 Å². The number of rotatable bonds is 5. The van der Waals surface area contributed by atoms with Gasteiger partial charge in [-0.3, -0.25) is 14.2 Å². The van der Waals surface area contributed by atoms with Crippen LogP contribution in [0.5, 0.6) is 0 Å². The maximum absolute atomic E-state index is 12.3. The second-order valence-electron chi connectivity index (χ2n) is 6.17. The largest absolute Gasteiger partial charge is 0.324 e. The van der Waals surface area contributed by atoms with Crippen LogP contribution in [0.4, 0.5) is 5.69 Å². The van der Waals surface area contributed by atoms with Crippen molar-refractivity contribution in [2.75, 3.05) is 5.32 Å². The van der Waals surface area contributed by atoms with Gasteiger partial charge in [-0.15, -0.1) is 0 Å². The van der Waals surface area contributed by atoms with E-state index in [1.165, 1.54) is 17.0 Å². The van der Waals surface area contributed by atoms with Gasteiger partial charge >= 0.3 is 0 Å². The van der Waals surface area contributed by atoms with E-state index in [0.29, 0.717) is 5.69 Å². The number of nitrogens with one attached hydrogen (secondary N) is 1. The summed E-state index contributed by atoms with van der Waals surface area (Å²) in [5, 5.41) is 2.86. The van der Waals surface area contributed by atoms with E-state index in [4.69, 9.17) is 0 Å². The van der Waals surface area contributed by atoms with Gasteiger partial charge in [-0.1, -0.05) is 55.0 Å². The molecule has 0 fully saturated rings. The first kappa shape index (κ1) is 17.6. The third kappa shape index (κ3) is 4.06. The van der Waals surface area contributed by atoms with Crippen LogP contribution in [0.1, 0.15) is 18.1 Å². The lowest BCUT2D eigenvalue weighted by molar-refractivity contribution is -0.116. The highest BCUT2D eigenvalue weighted by atomic mass is 16.2. The first-order valence-corrected chi connectivity index (χ1v) is 8.58.